The Labute approximate surface area is 202 Å². The molecule has 1 atom stereocenters. The van der Waals surface area contributed by atoms with Crippen LogP contribution < -0.4 is 27.3 Å². The van der Waals surface area contributed by atoms with Crippen LogP contribution in [-0.4, -0.2) is 57.2 Å². The van der Waals surface area contributed by atoms with Gasteiger partial charge in [0.25, 0.3) is 5.91 Å². The van der Waals surface area contributed by atoms with Crippen LogP contribution in [-0.2, 0) is 28.0 Å². The van der Waals surface area contributed by atoms with Crippen molar-refractivity contribution in [2.45, 2.75) is 45.4 Å². The Balaban J connectivity index is 2.14. The number of alkyl carbamates (subject to hydrolysis) is 1. The van der Waals surface area contributed by atoms with Gasteiger partial charge in [-0.2, -0.15) is 0 Å². The maximum absolute atomic E-state index is 11.8. The fourth-order valence-corrected chi connectivity index (χ4v) is 3.09. The van der Waals surface area contributed by atoms with E-state index in [0.717, 1.165) is 5.56 Å². The van der Waals surface area contributed by atoms with E-state index in [9.17, 15) is 19.5 Å². The highest BCUT2D eigenvalue weighted by Crippen LogP contribution is 2.22. The molecular weight excluding hydrogens is 460 g/mol. The summed E-state index contributed by atoms with van der Waals surface area (Å²) >= 11 is 0. The molecule has 1 aromatic carbocycles. The molecule has 35 heavy (non-hydrogen) atoms. The first-order chi connectivity index (χ1) is 16.4. The fourth-order valence-electron chi connectivity index (χ4n) is 3.09. The van der Waals surface area contributed by atoms with E-state index in [1.54, 1.807) is 67.4 Å². The number of benzene rings is 1. The topological polar surface area (TPSA) is 185 Å². The summed E-state index contributed by atoms with van der Waals surface area (Å²) in [6.45, 7) is 5.93. The second-order valence-electron chi connectivity index (χ2n) is 8.61. The Bertz CT molecular complexity index is 1100. The van der Waals surface area contributed by atoms with Crippen molar-refractivity contribution >= 4 is 18.1 Å². The van der Waals surface area contributed by atoms with Gasteiger partial charge in [0.05, 0.1) is 5.69 Å². The van der Waals surface area contributed by atoms with E-state index in [1.165, 1.54) is 0 Å². The molecule has 0 aliphatic carbocycles. The number of nitrogens with two attached hydrogens (primary N) is 2. The third kappa shape index (κ3) is 8.46. The van der Waals surface area contributed by atoms with E-state index in [4.69, 9.17) is 21.1 Å². The lowest BCUT2D eigenvalue weighted by atomic mass is 10.1. The number of carbonyl (C=O) groups is 3. The number of amides is 3. The number of aryl methyl sites for hydroxylation is 1. The van der Waals surface area contributed by atoms with Gasteiger partial charge < -0.3 is 34.8 Å². The molecular formula is C22H32N6O7. The van der Waals surface area contributed by atoms with E-state index in [0.29, 0.717) is 31.0 Å². The van der Waals surface area contributed by atoms with Crippen LogP contribution in [0.5, 0.6) is 5.75 Å². The van der Waals surface area contributed by atoms with Crippen LogP contribution in [0.15, 0.2) is 35.5 Å². The van der Waals surface area contributed by atoms with Crippen molar-refractivity contribution in [1.29, 1.82) is 0 Å². The normalized spacial score (nSPS) is 12.8. The molecule has 13 heteroatoms. The standard InChI is InChI=1S/C22H32N6O7/c1-22(2,3)34-21(32)25-10-5-11-28-12-16(27(4)19(28)26-20(30)31)14-6-8-15(9-7-14)33-13-17(35-24)18(23)29/h6-9,12,17H,5,10-11,13,24H2,1-4H3,(H2,23,29)(H,25,32)(H,30,31). The summed E-state index contributed by atoms with van der Waals surface area (Å²) in [7, 11) is 1.70. The van der Waals surface area contributed by atoms with E-state index in [2.05, 4.69) is 15.1 Å². The van der Waals surface area contributed by atoms with Gasteiger partial charge >= 0.3 is 12.2 Å². The van der Waals surface area contributed by atoms with Crippen LogP contribution in [0.4, 0.5) is 9.59 Å². The number of primary amides is 1. The number of carbonyl (C=O) groups excluding carboxylic acids is 2. The Morgan fingerprint density at radius 3 is 2.40 bits per heavy atom. The number of nitrogens with zero attached hydrogens (tertiary/aromatic N) is 3. The van der Waals surface area contributed by atoms with Crippen molar-refractivity contribution in [3.63, 3.8) is 0 Å². The van der Waals surface area contributed by atoms with Crippen LogP contribution >= 0.6 is 0 Å². The molecule has 0 aliphatic rings. The quantitative estimate of drug-likeness (QED) is 0.280. The smallest absolute Gasteiger partial charge is 0.434 e. The molecule has 0 aliphatic heterocycles. The van der Waals surface area contributed by atoms with Gasteiger partial charge in [0.1, 0.15) is 18.0 Å². The molecule has 0 spiro atoms. The summed E-state index contributed by atoms with van der Waals surface area (Å²) in [6.07, 6.45) is -0.628. The maximum Gasteiger partial charge on any atom is 0.434 e. The summed E-state index contributed by atoms with van der Waals surface area (Å²) in [5.41, 5.74) is 6.27. The van der Waals surface area contributed by atoms with Crippen LogP contribution in [0.3, 0.4) is 0 Å². The van der Waals surface area contributed by atoms with Crippen molar-refractivity contribution < 1.29 is 33.8 Å². The van der Waals surface area contributed by atoms with Crippen molar-refractivity contribution in [3.05, 3.63) is 36.1 Å². The third-order valence-corrected chi connectivity index (χ3v) is 4.67. The van der Waals surface area contributed by atoms with Gasteiger partial charge in [-0.05, 0) is 57.0 Å². The molecule has 1 aromatic heterocycles. The number of rotatable bonds is 10. The molecule has 0 bridgehead atoms. The average Bonchev–Trinajstić information content (AvgIpc) is 3.05. The van der Waals surface area contributed by atoms with E-state index >= 15 is 0 Å². The Hall–Kier alpha value is -3.84. The minimum atomic E-state index is -1.33. The average molecular weight is 493 g/mol. The first kappa shape index (κ1) is 27.4. The van der Waals surface area contributed by atoms with Gasteiger partial charge in [-0.3, -0.25) is 9.63 Å². The molecule has 0 radical (unpaired) electrons. The molecule has 1 unspecified atom stereocenters. The highest BCUT2D eigenvalue weighted by atomic mass is 16.6. The number of aromatic nitrogens is 2. The zero-order valence-corrected chi connectivity index (χ0v) is 20.2. The van der Waals surface area contributed by atoms with Crippen LogP contribution in [0.2, 0.25) is 0 Å². The fraction of sp³-hybridized carbons (Fsp3) is 0.455. The first-order valence-corrected chi connectivity index (χ1v) is 10.8. The number of hydrogen-bond acceptors (Lipinski definition) is 7. The van der Waals surface area contributed by atoms with Gasteiger partial charge in [-0.15, -0.1) is 4.99 Å². The SMILES string of the molecule is Cn1c(-c2ccc(OCC(ON)C(N)=O)cc2)cn(CCCNC(=O)OC(C)(C)C)c1=NC(=O)O. The second-order valence-corrected chi connectivity index (χ2v) is 8.61. The number of carboxylic acid groups (broad SMARTS) is 1. The van der Waals surface area contributed by atoms with Gasteiger partial charge in [-0.1, -0.05) is 0 Å². The minimum absolute atomic E-state index is 0.145. The van der Waals surface area contributed by atoms with Crippen molar-refractivity contribution in [1.82, 2.24) is 14.5 Å². The van der Waals surface area contributed by atoms with Crippen molar-refractivity contribution in [3.8, 4) is 17.0 Å². The van der Waals surface area contributed by atoms with E-state index in [-0.39, 0.29) is 12.2 Å². The highest BCUT2D eigenvalue weighted by Gasteiger charge is 2.17. The number of imidazole rings is 1. The minimum Gasteiger partial charge on any atom is -0.490 e. The summed E-state index contributed by atoms with van der Waals surface area (Å²) in [5, 5.41) is 11.9. The Kier molecular flexibility index (Phi) is 9.42. The summed E-state index contributed by atoms with van der Waals surface area (Å²) in [6, 6.07) is 6.90. The summed E-state index contributed by atoms with van der Waals surface area (Å²) in [5.74, 6) is 4.74. The zero-order chi connectivity index (χ0) is 26.2. The summed E-state index contributed by atoms with van der Waals surface area (Å²) < 4.78 is 14.0. The largest absolute Gasteiger partial charge is 0.490 e. The number of nitrogens with one attached hydrogen (secondary N) is 1. The first-order valence-electron chi connectivity index (χ1n) is 10.8. The predicted octanol–water partition coefficient (Wildman–Crippen LogP) is 1.11. The lowest BCUT2D eigenvalue weighted by Crippen LogP contribution is -2.38. The zero-order valence-electron chi connectivity index (χ0n) is 20.2. The highest BCUT2D eigenvalue weighted by molar-refractivity contribution is 5.79. The number of ether oxygens (including phenoxy) is 2. The molecule has 0 fully saturated rings. The van der Waals surface area contributed by atoms with Crippen molar-refractivity contribution in [2.24, 2.45) is 23.7 Å². The third-order valence-electron chi connectivity index (χ3n) is 4.67. The van der Waals surface area contributed by atoms with E-state index in [1.807, 2.05) is 0 Å². The molecule has 6 N–H and O–H groups in total. The van der Waals surface area contributed by atoms with Gasteiger partial charge in [0.15, 0.2) is 6.10 Å². The number of hydrogen-bond donors (Lipinski definition) is 4. The molecule has 1 heterocycles. The lowest BCUT2D eigenvalue weighted by molar-refractivity contribution is -0.131. The molecule has 0 saturated carbocycles. The molecule has 0 saturated heterocycles. The Morgan fingerprint density at radius 2 is 1.86 bits per heavy atom. The predicted molar refractivity (Wildman–Crippen MR) is 125 cm³/mol. The van der Waals surface area contributed by atoms with Crippen LogP contribution in [0.25, 0.3) is 11.3 Å². The molecule has 192 valence electrons. The van der Waals surface area contributed by atoms with Crippen LogP contribution in [0.1, 0.15) is 27.2 Å². The Morgan fingerprint density at radius 1 is 1.20 bits per heavy atom. The van der Waals surface area contributed by atoms with Gasteiger partial charge in [0.2, 0.25) is 5.62 Å². The monoisotopic (exact) mass is 492 g/mol. The molecule has 2 rings (SSSR count). The van der Waals surface area contributed by atoms with E-state index < -0.39 is 29.8 Å². The van der Waals surface area contributed by atoms with Gasteiger partial charge in [-0.25, -0.2) is 15.5 Å². The van der Waals surface area contributed by atoms with Gasteiger partial charge in [0, 0.05) is 26.3 Å². The maximum atomic E-state index is 11.8. The van der Waals surface area contributed by atoms with Crippen molar-refractivity contribution in [2.75, 3.05) is 13.2 Å². The lowest BCUT2D eigenvalue weighted by Gasteiger charge is -2.19. The second kappa shape index (κ2) is 12.0. The molecule has 3 amide bonds. The molecule has 2 aromatic rings. The van der Waals surface area contributed by atoms with Crippen LogP contribution in [0, 0.1) is 0 Å². The molecule has 13 nitrogen and oxygen atoms in total. The summed E-state index contributed by atoms with van der Waals surface area (Å²) in [4.78, 5) is 42.4.